The largest absolute Gasteiger partial charge is 0.378 e. The molecule has 0 amide bonds. The first kappa shape index (κ1) is 11.6. The highest BCUT2D eigenvalue weighted by molar-refractivity contribution is 7.94. The Morgan fingerprint density at radius 2 is 1.87 bits per heavy atom. The van der Waals surface area contributed by atoms with Crippen LogP contribution in [0.5, 0.6) is 0 Å². The van der Waals surface area contributed by atoms with Gasteiger partial charge in [0, 0.05) is 19.8 Å². The first-order chi connectivity index (χ1) is 7.24. The minimum Gasteiger partial charge on any atom is -0.378 e. The van der Waals surface area contributed by atoms with E-state index in [4.69, 9.17) is 0 Å². The second kappa shape index (κ2) is 6.08. The molecule has 0 aromatic heterocycles. The van der Waals surface area contributed by atoms with Crippen molar-refractivity contribution in [3.05, 3.63) is 29.8 Å². The minimum absolute atomic E-state index is 1.02. The molecule has 0 aliphatic heterocycles. The Morgan fingerprint density at radius 1 is 1.20 bits per heavy atom. The van der Waals surface area contributed by atoms with E-state index in [1.807, 2.05) is 43.3 Å². The van der Waals surface area contributed by atoms with Gasteiger partial charge in [0.2, 0.25) is 0 Å². The summed E-state index contributed by atoms with van der Waals surface area (Å²) in [6, 6.07) is 8.04. The van der Waals surface area contributed by atoms with Crippen molar-refractivity contribution in [1.29, 1.82) is 0 Å². The summed E-state index contributed by atoms with van der Waals surface area (Å²) in [5.41, 5.74) is 5.99. The van der Waals surface area contributed by atoms with Crippen molar-refractivity contribution in [1.82, 2.24) is 5.53 Å². The van der Waals surface area contributed by atoms with E-state index in [2.05, 4.69) is 28.4 Å². The normalized spacial score (nSPS) is 11.1. The van der Waals surface area contributed by atoms with Crippen LogP contribution in [0.4, 0.5) is 5.69 Å². The van der Waals surface area contributed by atoms with Gasteiger partial charge in [-0.2, -0.15) is 15.7 Å². The zero-order chi connectivity index (χ0) is 11.1. The van der Waals surface area contributed by atoms with Crippen LogP contribution in [-0.4, -0.2) is 25.9 Å². The fourth-order valence-corrected chi connectivity index (χ4v) is 1.07. The van der Waals surface area contributed by atoms with E-state index in [-0.39, 0.29) is 0 Å². The predicted molar refractivity (Wildman–Crippen MR) is 69.0 cm³/mol. The predicted octanol–water partition coefficient (Wildman–Crippen LogP) is 1.55. The minimum atomic E-state index is 1.02. The molecule has 0 unspecified atom stereocenters. The van der Waals surface area contributed by atoms with Gasteiger partial charge in [-0.1, -0.05) is 12.1 Å². The van der Waals surface area contributed by atoms with Crippen LogP contribution in [0.1, 0.15) is 5.56 Å². The van der Waals surface area contributed by atoms with Crippen LogP contribution >= 0.6 is 12.6 Å². The fourth-order valence-electron chi connectivity index (χ4n) is 1.02. The van der Waals surface area contributed by atoms with Crippen molar-refractivity contribution in [2.24, 2.45) is 10.2 Å². The van der Waals surface area contributed by atoms with Gasteiger partial charge in [0.1, 0.15) is 0 Å². The molecule has 0 heterocycles. The first-order valence-corrected chi connectivity index (χ1v) is 4.97. The quantitative estimate of drug-likeness (QED) is 0.351. The molecule has 0 saturated carbocycles. The van der Waals surface area contributed by atoms with Crippen LogP contribution in [0.3, 0.4) is 0 Å². The highest BCUT2D eigenvalue weighted by Gasteiger charge is 1.93. The molecule has 0 aliphatic rings. The molecular weight excluding hydrogens is 208 g/mol. The highest BCUT2D eigenvalue weighted by Crippen LogP contribution is 2.10. The van der Waals surface area contributed by atoms with Crippen LogP contribution in [-0.2, 0) is 0 Å². The third-order valence-electron chi connectivity index (χ3n) is 1.80. The standard InChI is InChI=1S/C10H14N4S/c1-14(2)10-5-3-9(4-6-10)7-11-13-12-8-15/h3-8,13H,1-2H3,(H,12,15). The molecule has 0 fully saturated rings. The van der Waals surface area contributed by atoms with Crippen LogP contribution < -0.4 is 10.4 Å². The number of rotatable bonds is 4. The third kappa shape index (κ3) is 4.03. The lowest BCUT2D eigenvalue weighted by Gasteiger charge is -2.11. The zero-order valence-electron chi connectivity index (χ0n) is 8.75. The molecule has 0 atom stereocenters. The summed E-state index contributed by atoms with van der Waals surface area (Å²) in [7, 11) is 4.01. The lowest BCUT2D eigenvalue weighted by atomic mass is 10.2. The molecular formula is C10H14N4S. The smallest absolute Gasteiger partial charge is 0.0787 e. The van der Waals surface area contributed by atoms with Gasteiger partial charge in [-0.05, 0) is 17.7 Å². The summed E-state index contributed by atoms with van der Waals surface area (Å²) in [6.45, 7) is 0. The maximum absolute atomic E-state index is 3.87. The summed E-state index contributed by atoms with van der Waals surface area (Å²) in [6.07, 6.45) is 1.69. The molecule has 4 nitrogen and oxygen atoms in total. The van der Waals surface area contributed by atoms with Gasteiger partial charge >= 0.3 is 0 Å². The SMILES string of the molecule is CN(C)c1ccc(C=NNN=CS)cc1. The first-order valence-electron chi connectivity index (χ1n) is 4.45. The molecule has 0 spiro atoms. The maximum Gasteiger partial charge on any atom is 0.0787 e. The number of hydrogen-bond donors (Lipinski definition) is 2. The number of thiol groups is 1. The van der Waals surface area contributed by atoms with Crippen LogP contribution in [0.2, 0.25) is 0 Å². The van der Waals surface area contributed by atoms with Crippen molar-refractivity contribution < 1.29 is 0 Å². The zero-order valence-corrected chi connectivity index (χ0v) is 9.65. The number of nitrogens with zero attached hydrogens (tertiary/aromatic N) is 3. The Balaban J connectivity index is 2.60. The number of nitrogens with one attached hydrogen (secondary N) is 1. The van der Waals surface area contributed by atoms with Crippen molar-refractivity contribution in [3.8, 4) is 0 Å². The molecule has 80 valence electrons. The number of hydrazone groups is 2. The average Bonchev–Trinajstić information content (AvgIpc) is 2.25. The topological polar surface area (TPSA) is 40.0 Å². The summed E-state index contributed by atoms with van der Waals surface area (Å²) in [4.78, 5) is 2.05. The second-order valence-electron chi connectivity index (χ2n) is 3.09. The van der Waals surface area contributed by atoms with E-state index in [1.165, 1.54) is 5.55 Å². The summed E-state index contributed by atoms with van der Waals surface area (Å²) in [5.74, 6) is 0. The molecule has 1 aromatic rings. The van der Waals surface area contributed by atoms with E-state index < -0.39 is 0 Å². The Morgan fingerprint density at radius 3 is 2.40 bits per heavy atom. The van der Waals surface area contributed by atoms with E-state index >= 15 is 0 Å². The van der Waals surface area contributed by atoms with Gasteiger partial charge in [0.15, 0.2) is 0 Å². The van der Waals surface area contributed by atoms with Gasteiger partial charge in [0.25, 0.3) is 0 Å². The Labute approximate surface area is 95.1 Å². The van der Waals surface area contributed by atoms with Gasteiger partial charge in [0.05, 0.1) is 11.8 Å². The van der Waals surface area contributed by atoms with E-state index in [1.54, 1.807) is 6.21 Å². The molecule has 15 heavy (non-hydrogen) atoms. The lowest BCUT2D eigenvalue weighted by Crippen LogP contribution is -2.08. The van der Waals surface area contributed by atoms with Crippen molar-refractivity contribution >= 4 is 30.1 Å². The van der Waals surface area contributed by atoms with Crippen LogP contribution in [0.25, 0.3) is 0 Å². The highest BCUT2D eigenvalue weighted by atomic mass is 32.1. The molecule has 0 radical (unpaired) electrons. The van der Waals surface area contributed by atoms with Crippen molar-refractivity contribution in [2.45, 2.75) is 0 Å². The van der Waals surface area contributed by atoms with Crippen molar-refractivity contribution in [2.75, 3.05) is 19.0 Å². The van der Waals surface area contributed by atoms with E-state index in [9.17, 15) is 0 Å². The Kier molecular flexibility index (Phi) is 4.70. The van der Waals surface area contributed by atoms with E-state index in [0.717, 1.165) is 11.3 Å². The lowest BCUT2D eigenvalue weighted by molar-refractivity contribution is 0.821. The average molecular weight is 222 g/mol. The van der Waals surface area contributed by atoms with Gasteiger partial charge < -0.3 is 4.90 Å². The van der Waals surface area contributed by atoms with Crippen LogP contribution in [0, 0.1) is 0 Å². The summed E-state index contributed by atoms with van der Waals surface area (Å²) in [5, 5.41) is 7.49. The summed E-state index contributed by atoms with van der Waals surface area (Å²) >= 11 is 3.78. The summed E-state index contributed by atoms with van der Waals surface area (Å²) < 4.78 is 0. The van der Waals surface area contributed by atoms with E-state index in [0.29, 0.717) is 0 Å². The number of hydrogen-bond acceptors (Lipinski definition) is 4. The van der Waals surface area contributed by atoms with Gasteiger partial charge in [-0.15, -0.1) is 12.6 Å². The molecule has 1 N–H and O–H groups in total. The second-order valence-corrected chi connectivity index (χ2v) is 3.32. The molecule has 0 bridgehead atoms. The molecule has 0 aliphatic carbocycles. The molecule has 1 aromatic carbocycles. The monoisotopic (exact) mass is 222 g/mol. The maximum atomic E-state index is 3.87. The van der Waals surface area contributed by atoms with Crippen LogP contribution in [0.15, 0.2) is 34.5 Å². The van der Waals surface area contributed by atoms with Gasteiger partial charge in [-0.25, -0.2) is 0 Å². The van der Waals surface area contributed by atoms with Crippen molar-refractivity contribution in [3.63, 3.8) is 0 Å². The Bertz CT molecular complexity index is 343. The fraction of sp³-hybridized carbons (Fsp3) is 0.200. The molecule has 5 heteroatoms. The number of benzene rings is 1. The Hall–Kier alpha value is -1.49. The van der Waals surface area contributed by atoms with Gasteiger partial charge in [-0.3, -0.25) is 0 Å². The third-order valence-corrected chi connectivity index (χ3v) is 1.91. The molecule has 0 saturated heterocycles. The number of anilines is 1. The molecule has 1 rings (SSSR count).